The quantitative estimate of drug-likeness (QED) is 0.593. The fraction of sp³-hybridized carbons (Fsp3) is 0.167. The second-order valence-corrected chi connectivity index (χ2v) is 8.59. The largest absolute Gasteiger partial charge is 0.325 e. The Labute approximate surface area is 167 Å². The van der Waals surface area contributed by atoms with Crippen molar-refractivity contribution >= 4 is 33.4 Å². The summed E-state index contributed by atoms with van der Waals surface area (Å²) < 4.78 is 24.6. The molecule has 0 aliphatic carbocycles. The van der Waals surface area contributed by atoms with Crippen LogP contribution in [0.2, 0.25) is 0 Å². The van der Waals surface area contributed by atoms with Gasteiger partial charge >= 0.3 is 0 Å². The number of nitrogens with one attached hydrogen (secondary N) is 1. The van der Waals surface area contributed by atoms with Crippen LogP contribution in [0.3, 0.4) is 0 Å². The van der Waals surface area contributed by atoms with Crippen molar-refractivity contribution in [1.82, 2.24) is 14.8 Å². The van der Waals surface area contributed by atoms with Crippen molar-refractivity contribution in [3.05, 3.63) is 54.1 Å². The van der Waals surface area contributed by atoms with Gasteiger partial charge in [-0.1, -0.05) is 42.1 Å². The molecule has 0 saturated heterocycles. The summed E-state index contributed by atoms with van der Waals surface area (Å²) in [5.74, 6) is 0.526. The maximum Gasteiger partial charge on any atom is 0.238 e. The minimum atomic E-state index is -3.83. The summed E-state index contributed by atoms with van der Waals surface area (Å²) in [6, 6.07) is 13.7. The van der Waals surface area contributed by atoms with E-state index in [9.17, 15) is 13.2 Å². The smallest absolute Gasteiger partial charge is 0.238 e. The third-order valence-corrected chi connectivity index (χ3v) is 5.93. The second kappa shape index (κ2) is 8.13. The normalized spacial score (nSPS) is 11.4. The van der Waals surface area contributed by atoms with E-state index in [0.717, 1.165) is 17.0 Å². The van der Waals surface area contributed by atoms with Gasteiger partial charge in [0.05, 0.1) is 10.6 Å². The monoisotopic (exact) mass is 417 g/mol. The molecular weight excluding hydrogens is 398 g/mol. The van der Waals surface area contributed by atoms with E-state index in [1.807, 2.05) is 42.8 Å². The average molecular weight is 418 g/mol. The van der Waals surface area contributed by atoms with Crippen LogP contribution in [0.4, 0.5) is 5.69 Å². The first-order chi connectivity index (χ1) is 13.3. The number of hydrogen-bond acceptors (Lipinski definition) is 6. The van der Waals surface area contributed by atoms with E-state index in [2.05, 4.69) is 15.5 Å². The molecule has 0 aliphatic rings. The van der Waals surface area contributed by atoms with Crippen molar-refractivity contribution in [3.63, 3.8) is 0 Å². The lowest BCUT2D eigenvalue weighted by atomic mass is 10.1. The van der Waals surface area contributed by atoms with E-state index in [4.69, 9.17) is 5.14 Å². The second-order valence-electron chi connectivity index (χ2n) is 6.09. The van der Waals surface area contributed by atoms with Crippen LogP contribution in [0.15, 0.2) is 58.6 Å². The first-order valence-electron chi connectivity index (χ1n) is 8.26. The zero-order chi connectivity index (χ0) is 20.3. The summed E-state index contributed by atoms with van der Waals surface area (Å²) in [6.07, 6.45) is 0. The van der Waals surface area contributed by atoms with Gasteiger partial charge in [-0.25, -0.2) is 13.6 Å². The maximum atomic E-state index is 12.2. The van der Waals surface area contributed by atoms with Gasteiger partial charge in [-0.2, -0.15) is 0 Å². The Kier molecular flexibility index (Phi) is 5.82. The summed E-state index contributed by atoms with van der Waals surface area (Å²) in [6.45, 7) is 2.00. The van der Waals surface area contributed by atoms with Gasteiger partial charge in [0, 0.05) is 18.3 Å². The first kappa shape index (κ1) is 20.1. The predicted octanol–water partition coefficient (Wildman–Crippen LogP) is 2.17. The number of carbonyl (C=O) groups excluding carboxylic acids is 1. The molecule has 3 aromatic rings. The lowest BCUT2D eigenvalue weighted by Gasteiger charge is -2.07. The van der Waals surface area contributed by atoms with Crippen LogP contribution in [0.5, 0.6) is 0 Å². The van der Waals surface area contributed by atoms with Crippen molar-refractivity contribution in [1.29, 1.82) is 0 Å². The number of nitrogens with zero attached hydrogens (tertiary/aromatic N) is 3. The van der Waals surface area contributed by atoms with Gasteiger partial charge in [0.25, 0.3) is 0 Å². The van der Waals surface area contributed by atoms with E-state index < -0.39 is 10.0 Å². The fourth-order valence-electron chi connectivity index (χ4n) is 2.58. The Bertz CT molecular complexity index is 1130. The number of aromatic nitrogens is 3. The molecule has 0 atom stereocenters. The lowest BCUT2D eigenvalue weighted by Crippen LogP contribution is -2.16. The molecule has 8 nitrogen and oxygen atoms in total. The molecule has 1 amide bonds. The Morgan fingerprint density at radius 3 is 2.64 bits per heavy atom. The van der Waals surface area contributed by atoms with Crippen molar-refractivity contribution < 1.29 is 13.2 Å². The van der Waals surface area contributed by atoms with Gasteiger partial charge < -0.3 is 9.88 Å². The Balaban J connectivity index is 1.67. The van der Waals surface area contributed by atoms with Crippen LogP contribution in [-0.2, 0) is 21.9 Å². The highest BCUT2D eigenvalue weighted by Crippen LogP contribution is 2.25. The third kappa shape index (κ3) is 4.58. The molecular formula is C18H19N5O3S2. The molecule has 3 rings (SSSR count). The molecule has 3 N–H and O–H groups in total. The number of aryl methyl sites for hydroxylation is 1. The standard InChI is InChI=1S/C18H19N5O3S2/c1-12-6-3-4-9-15(12)17-21-22-18(23(17)2)27-11-16(24)20-13-7-5-8-14(10-13)28(19,25)26/h3-10H,11H2,1-2H3,(H,20,24)(H2,19,25,26). The Hall–Kier alpha value is -2.69. The molecule has 0 saturated carbocycles. The zero-order valence-electron chi connectivity index (χ0n) is 15.3. The Morgan fingerprint density at radius 1 is 1.18 bits per heavy atom. The molecule has 1 aromatic heterocycles. The average Bonchev–Trinajstić information content (AvgIpc) is 3.00. The molecule has 2 aromatic carbocycles. The van der Waals surface area contributed by atoms with E-state index >= 15 is 0 Å². The van der Waals surface area contributed by atoms with Gasteiger partial charge in [0.1, 0.15) is 0 Å². The number of carbonyl (C=O) groups is 1. The topological polar surface area (TPSA) is 120 Å². The van der Waals surface area contributed by atoms with Crippen LogP contribution in [-0.4, -0.2) is 34.8 Å². The van der Waals surface area contributed by atoms with Crippen LogP contribution >= 0.6 is 11.8 Å². The molecule has 0 fully saturated rings. The number of amides is 1. The number of rotatable bonds is 6. The predicted molar refractivity (Wildman–Crippen MR) is 108 cm³/mol. The molecule has 0 unspecified atom stereocenters. The fourth-order valence-corrected chi connectivity index (χ4v) is 3.85. The molecule has 10 heteroatoms. The summed E-state index contributed by atoms with van der Waals surface area (Å²) in [5, 5.41) is 16.7. The highest BCUT2D eigenvalue weighted by atomic mass is 32.2. The molecule has 28 heavy (non-hydrogen) atoms. The number of anilines is 1. The Morgan fingerprint density at radius 2 is 1.93 bits per heavy atom. The van der Waals surface area contributed by atoms with E-state index in [1.54, 1.807) is 6.07 Å². The van der Waals surface area contributed by atoms with E-state index in [-0.39, 0.29) is 16.6 Å². The molecule has 0 aliphatic heterocycles. The number of thioether (sulfide) groups is 1. The maximum absolute atomic E-state index is 12.2. The van der Waals surface area contributed by atoms with Crippen molar-refractivity contribution in [2.75, 3.05) is 11.1 Å². The first-order valence-corrected chi connectivity index (χ1v) is 10.8. The molecule has 1 heterocycles. The summed E-state index contributed by atoms with van der Waals surface area (Å²) in [4.78, 5) is 12.2. The van der Waals surface area contributed by atoms with Crippen molar-refractivity contribution in [2.24, 2.45) is 12.2 Å². The van der Waals surface area contributed by atoms with Crippen molar-refractivity contribution in [2.45, 2.75) is 17.0 Å². The van der Waals surface area contributed by atoms with Gasteiger partial charge in [0.2, 0.25) is 15.9 Å². The van der Waals surface area contributed by atoms with Gasteiger partial charge in [-0.15, -0.1) is 10.2 Å². The molecule has 0 bridgehead atoms. The van der Waals surface area contributed by atoms with Crippen LogP contribution < -0.4 is 10.5 Å². The third-order valence-electron chi connectivity index (χ3n) is 4.00. The summed E-state index contributed by atoms with van der Waals surface area (Å²) >= 11 is 1.24. The minimum Gasteiger partial charge on any atom is -0.325 e. The van der Waals surface area contributed by atoms with Crippen LogP contribution in [0.25, 0.3) is 11.4 Å². The summed E-state index contributed by atoms with van der Waals surface area (Å²) in [5.41, 5.74) is 2.42. The highest BCUT2D eigenvalue weighted by molar-refractivity contribution is 7.99. The van der Waals surface area contributed by atoms with E-state index in [1.165, 1.54) is 30.0 Å². The van der Waals surface area contributed by atoms with Gasteiger partial charge in [-0.05, 0) is 30.7 Å². The molecule has 0 spiro atoms. The van der Waals surface area contributed by atoms with Gasteiger partial charge in [-0.3, -0.25) is 4.79 Å². The van der Waals surface area contributed by atoms with Gasteiger partial charge in [0.15, 0.2) is 11.0 Å². The molecule has 146 valence electrons. The number of benzene rings is 2. The zero-order valence-corrected chi connectivity index (χ0v) is 16.9. The van der Waals surface area contributed by atoms with Crippen LogP contribution in [0, 0.1) is 6.92 Å². The number of primary sulfonamides is 1. The number of sulfonamides is 1. The lowest BCUT2D eigenvalue weighted by molar-refractivity contribution is -0.113. The number of hydrogen-bond donors (Lipinski definition) is 2. The summed E-state index contributed by atoms with van der Waals surface area (Å²) in [7, 11) is -1.98. The molecule has 0 radical (unpaired) electrons. The van der Waals surface area contributed by atoms with Crippen molar-refractivity contribution in [3.8, 4) is 11.4 Å². The SMILES string of the molecule is Cc1ccccc1-c1nnc(SCC(=O)Nc2cccc(S(N)(=O)=O)c2)n1C. The highest BCUT2D eigenvalue weighted by Gasteiger charge is 2.15. The van der Waals surface area contributed by atoms with Crippen LogP contribution in [0.1, 0.15) is 5.56 Å². The minimum absolute atomic E-state index is 0.0610. The number of nitrogens with two attached hydrogens (primary N) is 1. The van der Waals surface area contributed by atoms with E-state index in [0.29, 0.717) is 10.8 Å².